The van der Waals surface area contributed by atoms with Crippen LogP contribution in [-0.2, 0) is 6.54 Å². The standard InChI is InChI=1S/C14H19N3OS/c1-4-18-14-7-12(5-6-13(14)15)17(3)8-11-9-19-10(2)16-11/h5-7,9H,4,8,15H2,1-3H3. The van der Waals surface area contributed by atoms with E-state index in [9.17, 15) is 0 Å². The highest BCUT2D eigenvalue weighted by molar-refractivity contribution is 7.09. The predicted octanol–water partition coefficient (Wildman–Crippen LogP) is 3.07. The van der Waals surface area contributed by atoms with Crippen molar-refractivity contribution in [3.05, 3.63) is 34.3 Å². The summed E-state index contributed by atoms with van der Waals surface area (Å²) in [5.41, 5.74) is 8.70. The molecule has 19 heavy (non-hydrogen) atoms. The van der Waals surface area contributed by atoms with Gasteiger partial charge < -0.3 is 15.4 Å². The molecule has 0 aliphatic heterocycles. The number of rotatable bonds is 5. The number of nitrogen functional groups attached to an aromatic ring is 1. The van der Waals surface area contributed by atoms with Gasteiger partial charge in [-0.25, -0.2) is 4.98 Å². The van der Waals surface area contributed by atoms with E-state index in [-0.39, 0.29) is 0 Å². The first-order valence-corrected chi connectivity index (χ1v) is 7.12. The predicted molar refractivity (Wildman–Crippen MR) is 81.0 cm³/mol. The lowest BCUT2D eigenvalue weighted by atomic mass is 10.2. The number of benzene rings is 1. The summed E-state index contributed by atoms with van der Waals surface area (Å²) in [4.78, 5) is 6.61. The normalized spacial score (nSPS) is 10.5. The summed E-state index contributed by atoms with van der Waals surface area (Å²) >= 11 is 1.67. The zero-order valence-electron chi connectivity index (χ0n) is 11.5. The first-order valence-electron chi connectivity index (χ1n) is 6.24. The number of hydrogen-bond donors (Lipinski definition) is 1. The molecule has 2 N–H and O–H groups in total. The Morgan fingerprint density at radius 1 is 1.42 bits per heavy atom. The second-order valence-electron chi connectivity index (χ2n) is 4.37. The summed E-state index contributed by atoms with van der Waals surface area (Å²) in [6, 6.07) is 5.85. The van der Waals surface area contributed by atoms with Crippen molar-refractivity contribution < 1.29 is 4.74 Å². The number of nitrogens with two attached hydrogens (primary N) is 1. The van der Waals surface area contributed by atoms with Crippen molar-refractivity contribution in [2.24, 2.45) is 0 Å². The summed E-state index contributed by atoms with van der Waals surface area (Å²) in [7, 11) is 2.04. The summed E-state index contributed by atoms with van der Waals surface area (Å²) in [5.74, 6) is 0.737. The minimum atomic E-state index is 0.614. The number of ether oxygens (including phenoxy) is 1. The Labute approximate surface area is 117 Å². The highest BCUT2D eigenvalue weighted by Crippen LogP contribution is 2.28. The molecule has 0 unspecified atom stereocenters. The number of aryl methyl sites for hydroxylation is 1. The van der Waals surface area contributed by atoms with E-state index in [4.69, 9.17) is 10.5 Å². The van der Waals surface area contributed by atoms with Crippen LogP contribution < -0.4 is 15.4 Å². The van der Waals surface area contributed by atoms with Crippen LogP contribution in [0.2, 0.25) is 0 Å². The fourth-order valence-corrected chi connectivity index (χ4v) is 2.46. The van der Waals surface area contributed by atoms with Crippen molar-refractivity contribution in [3.63, 3.8) is 0 Å². The van der Waals surface area contributed by atoms with E-state index in [1.165, 1.54) is 0 Å². The Morgan fingerprint density at radius 2 is 2.21 bits per heavy atom. The van der Waals surface area contributed by atoms with Gasteiger partial charge in [-0.1, -0.05) is 0 Å². The molecule has 0 saturated carbocycles. The van der Waals surface area contributed by atoms with Gasteiger partial charge in [-0.05, 0) is 26.0 Å². The van der Waals surface area contributed by atoms with Crippen molar-refractivity contribution in [3.8, 4) is 5.75 Å². The van der Waals surface area contributed by atoms with Gasteiger partial charge in [0.15, 0.2) is 0 Å². The zero-order valence-corrected chi connectivity index (χ0v) is 12.3. The average molecular weight is 277 g/mol. The highest BCUT2D eigenvalue weighted by Gasteiger charge is 2.08. The Hall–Kier alpha value is -1.75. The van der Waals surface area contributed by atoms with Gasteiger partial charge in [0.1, 0.15) is 5.75 Å². The minimum absolute atomic E-state index is 0.614. The number of nitrogens with zero attached hydrogens (tertiary/aromatic N) is 2. The Balaban J connectivity index is 2.14. The fraction of sp³-hybridized carbons (Fsp3) is 0.357. The molecule has 4 nitrogen and oxygen atoms in total. The molecule has 0 radical (unpaired) electrons. The third kappa shape index (κ3) is 3.38. The lowest BCUT2D eigenvalue weighted by Gasteiger charge is -2.19. The average Bonchev–Trinajstić information content (AvgIpc) is 2.77. The van der Waals surface area contributed by atoms with E-state index in [1.807, 2.05) is 39.1 Å². The monoisotopic (exact) mass is 277 g/mol. The quantitative estimate of drug-likeness (QED) is 0.853. The van der Waals surface area contributed by atoms with Gasteiger partial charge in [-0.2, -0.15) is 0 Å². The lowest BCUT2D eigenvalue weighted by molar-refractivity contribution is 0.342. The fourth-order valence-electron chi connectivity index (χ4n) is 1.86. The van der Waals surface area contributed by atoms with Crippen LogP contribution in [0.25, 0.3) is 0 Å². The second kappa shape index (κ2) is 5.93. The summed E-state index contributed by atoms with van der Waals surface area (Å²) in [6.45, 7) is 5.36. The Bertz CT molecular complexity index is 553. The molecule has 0 aliphatic carbocycles. The molecule has 2 aromatic rings. The summed E-state index contributed by atoms with van der Waals surface area (Å²) < 4.78 is 5.52. The van der Waals surface area contributed by atoms with Gasteiger partial charge in [0.25, 0.3) is 0 Å². The van der Waals surface area contributed by atoms with E-state index >= 15 is 0 Å². The van der Waals surface area contributed by atoms with Gasteiger partial charge in [-0.15, -0.1) is 11.3 Å². The molecular formula is C14H19N3OS. The van der Waals surface area contributed by atoms with Crippen LogP contribution in [0.1, 0.15) is 17.6 Å². The van der Waals surface area contributed by atoms with Crippen molar-refractivity contribution >= 4 is 22.7 Å². The molecule has 102 valence electrons. The first kappa shape index (κ1) is 13.7. The maximum atomic E-state index is 5.88. The third-order valence-corrected chi connectivity index (χ3v) is 3.63. The second-order valence-corrected chi connectivity index (χ2v) is 5.43. The van der Waals surface area contributed by atoms with Gasteiger partial charge in [0.05, 0.1) is 29.5 Å². The minimum Gasteiger partial charge on any atom is -0.492 e. The molecule has 0 atom stereocenters. The van der Waals surface area contributed by atoms with Gasteiger partial charge in [0.2, 0.25) is 0 Å². The van der Waals surface area contributed by atoms with E-state index in [1.54, 1.807) is 11.3 Å². The molecule has 1 aromatic heterocycles. The summed E-state index contributed by atoms with van der Waals surface area (Å²) in [6.07, 6.45) is 0. The topological polar surface area (TPSA) is 51.4 Å². The first-order chi connectivity index (χ1) is 9.10. The molecule has 0 spiro atoms. The third-order valence-electron chi connectivity index (χ3n) is 2.80. The van der Waals surface area contributed by atoms with Crippen molar-refractivity contribution in [2.45, 2.75) is 20.4 Å². The molecule has 1 heterocycles. The van der Waals surface area contributed by atoms with E-state index < -0.39 is 0 Å². The van der Waals surface area contributed by atoms with Crippen LogP contribution in [0.15, 0.2) is 23.6 Å². The molecule has 0 aliphatic rings. The van der Waals surface area contributed by atoms with Crippen LogP contribution in [-0.4, -0.2) is 18.6 Å². The smallest absolute Gasteiger partial charge is 0.144 e. The maximum Gasteiger partial charge on any atom is 0.144 e. The van der Waals surface area contributed by atoms with Gasteiger partial charge in [0, 0.05) is 24.2 Å². The van der Waals surface area contributed by atoms with E-state index in [0.717, 1.165) is 28.7 Å². The number of aromatic nitrogens is 1. The van der Waals surface area contributed by atoms with E-state index in [2.05, 4.69) is 15.3 Å². The maximum absolute atomic E-state index is 5.88. The zero-order chi connectivity index (χ0) is 13.8. The molecular weight excluding hydrogens is 258 g/mol. The Kier molecular flexibility index (Phi) is 4.27. The number of thiazole rings is 1. The van der Waals surface area contributed by atoms with Crippen LogP contribution in [0.3, 0.4) is 0 Å². The highest BCUT2D eigenvalue weighted by atomic mass is 32.1. The van der Waals surface area contributed by atoms with Crippen molar-refractivity contribution in [1.82, 2.24) is 4.98 Å². The molecule has 0 saturated heterocycles. The van der Waals surface area contributed by atoms with Gasteiger partial charge in [-0.3, -0.25) is 0 Å². The molecule has 1 aromatic carbocycles. The van der Waals surface area contributed by atoms with E-state index in [0.29, 0.717) is 12.3 Å². The van der Waals surface area contributed by atoms with Gasteiger partial charge >= 0.3 is 0 Å². The van der Waals surface area contributed by atoms with Crippen LogP contribution >= 0.6 is 11.3 Å². The largest absolute Gasteiger partial charge is 0.492 e. The number of anilines is 2. The van der Waals surface area contributed by atoms with Crippen molar-refractivity contribution in [2.75, 3.05) is 24.3 Å². The number of hydrogen-bond acceptors (Lipinski definition) is 5. The molecule has 0 amide bonds. The van der Waals surface area contributed by atoms with Crippen molar-refractivity contribution in [1.29, 1.82) is 0 Å². The molecule has 5 heteroatoms. The van der Waals surface area contributed by atoms with Crippen LogP contribution in [0.4, 0.5) is 11.4 Å². The molecule has 2 rings (SSSR count). The summed E-state index contributed by atoms with van der Waals surface area (Å²) in [5, 5.41) is 3.18. The SMILES string of the molecule is CCOc1cc(N(C)Cc2csc(C)n2)ccc1N. The molecule has 0 fully saturated rings. The Morgan fingerprint density at radius 3 is 2.84 bits per heavy atom. The van der Waals surface area contributed by atoms with Crippen LogP contribution in [0, 0.1) is 6.92 Å². The van der Waals surface area contributed by atoms with Crippen LogP contribution in [0.5, 0.6) is 5.75 Å². The molecule has 0 bridgehead atoms. The lowest BCUT2D eigenvalue weighted by Crippen LogP contribution is -2.16.